The highest BCUT2D eigenvalue weighted by Gasteiger charge is 2.30. The SMILES string of the molecule is CN(C)c1ccc(S(=O)c2ccc(C(F)(F)F)cc2)cc1. The number of alkyl halides is 3. The quantitative estimate of drug-likeness (QED) is 0.855. The van der Waals surface area contributed by atoms with E-state index in [9.17, 15) is 17.4 Å². The molecule has 0 N–H and O–H groups in total. The van der Waals surface area contributed by atoms with Gasteiger partial charge in [0, 0.05) is 29.6 Å². The molecule has 0 heterocycles. The maximum absolute atomic E-state index is 12.5. The predicted molar refractivity (Wildman–Crippen MR) is 76.9 cm³/mol. The molecule has 0 amide bonds. The van der Waals surface area contributed by atoms with Crippen LogP contribution in [0.1, 0.15) is 5.56 Å². The minimum Gasteiger partial charge on any atom is -0.378 e. The number of nitrogens with zero attached hydrogens (tertiary/aromatic N) is 1. The summed E-state index contributed by atoms with van der Waals surface area (Å²) in [5, 5.41) is 0. The standard InChI is InChI=1S/C15H14F3NOS/c1-19(2)12-5-9-14(10-6-12)21(20)13-7-3-11(4-8-13)15(16,17)18/h3-10H,1-2H3. The van der Waals surface area contributed by atoms with Gasteiger partial charge in [-0.3, -0.25) is 0 Å². The number of rotatable bonds is 3. The van der Waals surface area contributed by atoms with E-state index in [1.807, 2.05) is 31.1 Å². The third kappa shape index (κ3) is 3.64. The fourth-order valence-corrected chi connectivity index (χ4v) is 2.81. The van der Waals surface area contributed by atoms with Crippen molar-refractivity contribution in [1.29, 1.82) is 0 Å². The second-order valence-electron chi connectivity index (χ2n) is 4.68. The average Bonchev–Trinajstić information content (AvgIpc) is 2.46. The molecule has 2 aromatic carbocycles. The van der Waals surface area contributed by atoms with Crippen LogP contribution in [0.2, 0.25) is 0 Å². The van der Waals surface area contributed by atoms with Crippen molar-refractivity contribution in [2.75, 3.05) is 19.0 Å². The largest absolute Gasteiger partial charge is 0.416 e. The molecule has 6 heteroatoms. The van der Waals surface area contributed by atoms with E-state index >= 15 is 0 Å². The van der Waals surface area contributed by atoms with Crippen LogP contribution in [-0.2, 0) is 17.0 Å². The molecule has 0 aliphatic rings. The molecule has 0 bridgehead atoms. The fourth-order valence-electron chi connectivity index (χ4n) is 1.77. The van der Waals surface area contributed by atoms with Gasteiger partial charge in [0.1, 0.15) is 0 Å². The summed E-state index contributed by atoms with van der Waals surface area (Å²) in [5.74, 6) is 0. The summed E-state index contributed by atoms with van der Waals surface area (Å²) in [6.07, 6.45) is -4.38. The molecule has 1 atom stereocenters. The number of benzene rings is 2. The molecule has 0 aliphatic heterocycles. The third-order valence-corrected chi connectivity index (χ3v) is 4.36. The Labute approximate surface area is 123 Å². The molecule has 0 fully saturated rings. The van der Waals surface area contributed by atoms with E-state index in [1.165, 1.54) is 12.1 Å². The lowest BCUT2D eigenvalue weighted by atomic mass is 10.2. The van der Waals surface area contributed by atoms with Crippen molar-refractivity contribution in [3.05, 3.63) is 54.1 Å². The van der Waals surface area contributed by atoms with Crippen molar-refractivity contribution < 1.29 is 17.4 Å². The van der Waals surface area contributed by atoms with E-state index < -0.39 is 22.5 Å². The monoisotopic (exact) mass is 313 g/mol. The highest BCUT2D eigenvalue weighted by molar-refractivity contribution is 7.85. The summed E-state index contributed by atoms with van der Waals surface area (Å²) < 4.78 is 49.8. The van der Waals surface area contributed by atoms with Gasteiger partial charge in [0.15, 0.2) is 0 Å². The highest BCUT2D eigenvalue weighted by Crippen LogP contribution is 2.30. The second-order valence-corrected chi connectivity index (χ2v) is 6.16. The summed E-state index contributed by atoms with van der Waals surface area (Å²) in [5.41, 5.74) is 0.217. The summed E-state index contributed by atoms with van der Waals surface area (Å²) >= 11 is 0. The topological polar surface area (TPSA) is 20.3 Å². The molecule has 2 rings (SSSR count). The minimum absolute atomic E-state index is 0.348. The molecule has 2 aromatic rings. The lowest BCUT2D eigenvalue weighted by molar-refractivity contribution is -0.137. The zero-order chi connectivity index (χ0) is 15.6. The Bertz CT molecular complexity index is 633. The van der Waals surface area contributed by atoms with Crippen molar-refractivity contribution in [2.24, 2.45) is 0 Å². The second kappa shape index (κ2) is 5.89. The first kappa shape index (κ1) is 15.6. The Morgan fingerprint density at radius 1 is 0.857 bits per heavy atom. The Kier molecular flexibility index (Phi) is 4.37. The average molecular weight is 313 g/mol. The van der Waals surface area contributed by atoms with Crippen LogP contribution < -0.4 is 4.90 Å². The molecule has 2 nitrogen and oxygen atoms in total. The van der Waals surface area contributed by atoms with Crippen molar-refractivity contribution in [3.63, 3.8) is 0 Å². The molecule has 1 unspecified atom stereocenters. The molecule has 0 spiro atoms. The van der Waals surface area contributed by atoms with Crippen molar-refractivity contribution in [1.82, 2.24) is 0 Å². The Hall–Kier alpha value is -1.82. The van der Waals surface area contributed by atoms with Gasteiger partial charge in [-0.25, -0.2) is 4.21 Å². The van der Waals surface area contributed by atoms with E-state index in [2.05, 4.69) is 0 Å². The van der Waals surface area contributed by atoms with Crippen LogP contribution in [0.4, 0.5) is 18.9 Å². The molecule has 0 radical (unpaired) electrons. The summed E-state index contributed by atoms with van der Waals surface area (Å²) in [6.45, 7) is 0. The first-order valence-electron chi connectivity index (χ1n) is 6.15. The highest BCUT2D eigenvalue weighted by atomic mass is 32.2. The smallest absolute Gasteiger partial charge is 0.378 e. The van der Waals surface area contributed by atoms with Crippen LogP contribution in [-0.4, -0.2) is 18.3 Å². The lowest BCUT2D eigenvalue weighted by Crippen LogP contribution is -2.08. The van der Waals surface area contributed by atoms with Gasteiger partial charge in [-0.05, 0) is 48.5 Å². The fraction of sp³-hybridized carbons (Fsp3) is 0.200. The zero-order valence-electron chi connectivity index (χ0n) is 11.5. The maximum Gasteiger partial charge on any atom is 0.416 e. The summed E-state index contributed by atoms with van der Waals surface area (Å²) in [7, 11) is 2.29. The van der Waals surface area contributed by atoms with E-state index in [4.69, 9.17) is 0 Å². The van der Waals surface area contributed by atoms with Gasteiger partial charge in [0.05, 0.1) is 16.4 Å². The third-order valence-electron chi connectivity index (χ3n) is 2.96. The normalized spacial score (nSPS) is 13.0. The number of hydrogen-bond donors (Lipinski definition) is 0. The van der Waals surface area contributed by atoms with Gasteiger partial charge < -0.3 is 4.90 Å². The minimum atomic E-state index is -4.38. The summed E-state index contributed by atoms with van der Waals surface area (Å²) in [6, 6.07) is 11.4. The van der Waals surface area contributed by atoms with Crippen LogP contribution in [0.15, 0.2) is 58.3 Å². The molecule has 21 heavy (non-hydrogen) atoms. The van der Waals surface area contributed by atoms with Crippen LogP contribution >= 0.6 is 0 Å². The number of halogens is 3. The molecule has 0 saturated carbocycles. The van der Waals surface area contributed by atoms with Crippen LogP contribution in [0, 0.1) is 0 Å². The van der Waals surface area contributed by atoms with E-state index in [-0.39, 0.29) is 0 Å². The Morgan fingerprint density at radius 3 is 1.67 bits per heavy atom. The number of hydrogen-bond acceptors (Lipinski definition) is 2. The number of anilines is 1. The van der Waals surface area contributed by atoms with Gasteiger partial charge in [-0.2, -0.15) is 13.2 Å². The van der Waals surface area contributed by atoms with Gasteiger partial charge >= 0.3 is 6.18 Å². The molecular formula is C15H14F3NOS. The lowest BCUT2D eigenvalue weighted by Gasteiger charge is -2.12. The first-order valence-corrected chi connectivity index (χ1v) is 7.30. The van der Waals surface area contributed by atoms with Gasteiger partial charge in [0.25, 0.3) is 0 Å². The van der Waals surface area contributed by atoms with E-state index in [0.717, 1.165) is 17.8 Å². The van der Waals surface area contributed by atoms with Crippen LogP contribution in [0.5, 0.6) is 0 Å². The van der Waals surface area contributed by atoms with Gasteiger partial charge in [0.2, 0.25) is 0 Å². The molecule has 0 saturated heterocycles. The van der Waals surface area contributed by atoms with Crippen molar-refractivity contribution in [2.45, 2.75) is 16.0 Å². The molecule has 0 aromatic heterocycles. The van der Waals surface area contributed by atoms with Crippen molar-refractivity contribution in [3.8, 4) is 0 Å². The van der Waals surface area contributed by atoms with E-state index in [1.54, 1.807) is 12.1 Å². The summed E-state index contributed by atoms with van der Waals surface area (Å²) in [4.78, 5) is 2.81. The maximum atomic E-state index is 12.5. The molecular weight excluding hydrogens is 299 g/mol. The van der Waals surface area contributed by atoms with Crippen molar-refractivity contribution >= 4 is 16.5 Å². The molecule has 112 valence electrons. The van der Waals surface area contributed by atoms with Gasteiger partial charge in [-0.1, -0.05) is 0 Å². The first-order chi connectivity index (χ1) is 9.79. The predicted octanol–water partition coefficient (Wildman–Crippen LogP) is 3.94. The van der Waals surface area contributed by atoms with Crippen LogP contribution in [0.25, 0.3) is 0 Å². The van der Waals surface area contributed by atoms with Crippen LogP contribution in [0.3, 0.4) is 0 Å². The Balaban J connectivity index is 2.23. The zero-order valence-corrected chi connectivity index (χ0v) is 12.3. The van der Waals surface area contributed by atoms with Gasteiger partial charge in [-0.15, -0.1) is 0 Å². The molecule has 0 aliphatic carbocycles. The Morgan fingerprint density at radius 2 is 1.29 bits per heavy atom. The van der Waals surface area contributed by atoms with E-state index in [0.29, 0.717) is 9.79 Å².